The number of carboxylic acids is 1. The predicted molar refractivity (Wildman–Crippen MR) is 105 cm³/mol. The number of carboxylic acid groups (broad SMARTS) is 1. The minimum atomic E-state index is -0.980. The summed E-state index contributed by atoms with van der Waals surface area (Å²) < 4.78 is 1.08. The highest BCUT2D eigenvalue weighted by Gasteiger charge is 2.16. The molecule has 0 fully saturated rings. The quantitative estimate of drug-likeness (QED) is 0.509. The van der Waals surface area contributed by atoms with Crippen LogP contribution < -0.4 is 0 Å². The molecule has 4 nitrogen and oxygen atoms in total. The van der Waals surface area contributed by atoms with Gasteiger partial charge in [-0.25, -0.2) is 14.8 Å². The molecule has 0 aliphatic rings. The number of carbonyl (C=O) groups is 1. The molecule has 4 rings (SSSR count). The second-order valence-electron chi connectivity index (χ2n) is 5.57. The van der Waals surface area contributed by atoms with E-state index in [-0.39, 0.29) is 5.56 Å². The molecule has 0 aliphatic carbocycles. The number of thiazole rings is 2. The van der Waals surface area contributed by atoms with E-state index >= 15 is 0 Å². The monoisotopic (exact) mass is 376 g/mol. The highest BCUT2D eigenvalue weighted by Crippen LogP contribution is 2.32. The van der Waals surface area contributed by atoms with Gasteiger partial charge in [-0.1, -0.05) is 18.1 Å². The summed E-state index contributed by atoms with van der Waals surface area (Å²) in [6.45, 7) is 1.96. The summed E-state index contributed by atoms with van der Waals surface area (Å²) in [5.41, 5.74) is 5.54. The van der Waals surface area contributed by atoms with Crippen molar-refractivity contribution in [2.45, 2.75) is 6.92 Å². The van der Waals surface area contributed by atoms with Crippen LogP contribution in [0, 0.1) is 18.8 Å². The lowest BCUT2D eigenvalue weighted by molar-refractivity contribution is 0.0697. The molecule has 2 aromatic carbocycles. The summed E-state index contributed by atoms with van der Waals surface area (Å²) in [6, 6.07) is 11.0. The van der Waals surface area contributed by atoms with Gasteiger partial charge >= 0.3 is 5.97 Å². The Balaban J connectivity index is 1.93. The Kier molecular flexibility index (Phi) is 4.25. The molecule has 4 aromatic rings. The Morgan fingerprint density at radius 1 is 1.19 bits per heavy atom. The van der Waals surface area contributed by atoms with Gasteiger partial charge in [0.05, 0.1) is 26.3 Å². The van der Waals surface area contributed by atoms with Crippen LogP contribution in [0.1, 0.15) is 26.6 Å². The van der Waals surface area contributed by atoms with Crippen LogP contribution in [0.4, 0.5) is 0 Å². The molecule has 0 radical (unpaired) electrons. The number of hydrogen-bond acceptors (Lipinski definition) is 5. The first-order chi connectivity index (χ1) is 12.6. The minimum absolute atomic E-state index is 0.223. The lowest BCUT2D eigenvalue weighted by Crippen LogP contribution is -2.01. The van der Waals surface area contributed by atoms with Gasteiger partial charge in [0, 0.05) is 16.5 Å². The molecule has 126 valence electrons. The van der Waals surface area contributed by atoms with Crippen molar-refractivity contribution in [2.75, 3.05) is 0 Å². The van der Waals surface area contributed by atoms with Gasteiger partial charge in [-0.15, -0.1) is 22.7 Å². The number of fused-ring (bicyclic) bond motifs is 1. The fourth-order valence-corrected chi connectivity index (χ4v) is 4.04. The molecule has 2 aromatic heterocycles. The number of benzene rings is 2. The number of aromatic carboxylic acids is 1. The molecule has 0 unspecified atom stereocenters. The maximum absolute atomic E-state index is 11.8. The van der Waals surface area contributed by atoms with E-state index in [9.17, 15) is 9.90 Å². The summed E-state index contributed by atoms with van der Waals surface area (Å²) in [5, 5.41) is 12.5. The van der Waals surface area contributed by atoms with Gasteiger partial charge in [-0.3, -0.25) is 0 Å². The number of nitrogens with zero attached hydrogens (tertiary/aromatic N) is 2. The zero-order valence-corrected chi connectivity index (χ0v) is 15.3. The fraction of sp³-hybridized carbons (Fsp3) is 0.0500. The molecule has 0 bridgehead atoms. The molecule has 6 heteroatoms. The van der Waals surface area contributed by atoms with Crippen molar-refractivity contribution in [3.63, 3.8) is 0 Å². The van der Waals surface area contributed by atoms with E-state index in [1.165, 1.54) is 11.3 Å². The smallest absolute Gasteiger partial charge is 0.336 e. The van der Waals surface area contributed by atoms with Gasteiger partial charge in [-0.2, -0.15) is 0 Å². The van der Waals surface area contributed by atoms with Gasteiger partial charge in [0.2, 0.25) is 0 Å². The molecule has 0 aliphatic heterocycles. The Morgan fingerprint density at radius 2 is 2.08 bits per heavy atom. The Hall–Kier alpha value is -3.01. The van der Waals surface area contributed by atoms with E-state index in [1.807, 2.05) is 36.6 Å². The largest absolute Gasteiger partial charge is 0.478 e. The number of aryl methyl sites for hydroxylation is 1. The zero-order chi connectivity index (χ0) is 18.1. The van der Waals surface area contributed by atoms with Gasteiger partial charge in [0.1, 0.15) is 5.69 Å². The maximum Gasteiger partial charge on any atom is 0.336 e. The van der Waals surface area contributed by atoms with E-state index in [1.54, 1.807) is 29.0 Å². The van der Waals surface area contributed by atoms with E-state index in [4.69, 9.17) is 0 Å². The molecule has 26 heavy (non-hydrogen) atoms. The summed E-state index contributed by atoms with van der Waals surface area (Å²) >= 11 is 3.09. The van der Waals surface area contributed by atoms with Gasteiger partial charge in [0.15, 0.2) is 0 Å². The van der Waals surface area contributed by atoms with Crippen LogP contribution in [0.5, 0.6) is 0 Å². The van der Waals surface area contributed by atoms with Crippen LogP contribution in [0.2, 0.25) is 0 Å². The third-order valence-electron chi connectivity index (χ3n) is 3.84. The Labute approximate surface area is 157 Å². The van der Waals surface area contributed by atoms with Crippen molar-refractivity contribution >= 4 is 38.9 Å². The van der Waals surface area contributed by atoms with Crippen LogP contribution >= 0.6 is 22.7 Å². The van der Waals surface area contributed by atoms with Crippen molar-refractivity contribution in [3.8, 4) is 23.0 Å². The molecular weight excluding hydrogens is 364 g/mol. The summed E-state index contributed by atoms with van der Waals surface area (Å²) in [4.78, 5) is 20.4. The third kappa shape index (κ3) is 3.10. The highest BCUT2D eigenvalue weighted by molar-refractivity contribution is 7.18. The Bertz CT molecular complexity index is 1180. The molecule has 0 amide bonds. The van der Waals surface area contributed by atoms with Crippen LogP contribution in [-0.4, -0.2) is 21.0 Å². The van der Waals surface area contributed by atoms with Crippen molar-refractivity contribution in [1.29, 1.82) is 0 Å². The summed E-state index contributed by atoms with van der Waals surface area (Å²) in [7, 11) is 0. The normalized spacial score (nSPS) is 10.5. The maximum atomic E-state index is 11.8. The van der Waals surface area contributed by atoms with Crippen LogP contribution in [0.15, 0.2) is 47.3 Å². The number of rotatable bonds is 2. The Morgan fingerprint density at radius 3 is 2.85 bits per heavy atom. The van der Waals surface area contributed by atoms with Gasteiger partial charge in [-0.05, 0) is 42.7 Å². The average Bonchev–Trinajstić information content (AvgIpc) is 3.27. The van der Waals surface area contributed by atoms with Crippen molar-refractivity contribution in [1.82, 2.24) is 9.97 Å². The molecule has 0 saturated heterocycles. The predicted octanol–water partition coefficient (Wildman–Crippen LogP) is 4.83. The topological polar surface area (TPSA) is 63.1 Å². The third-order valence-corrected chi connectivity index (χ3v) is 5.37. The van der Waals surface area contributed by atoms with Crippen molar-refractivity contribution in [2.24, 2.45) is 0 Å². The molecule has 0 atom stereocenters. The zero-order valence-electron chi connectivity index (χ0n) is 13.7. The molecule has 2 heterocycles. The fourth-order valence-electron chi connectivity index (χ4n) is 2.75. The van der Waals surface area contributed by atoms with E-state index in [2.05, 4.69) is 21.8 Å². The van der Waals surface area contributed by atoms with Crippen LogP contribution in [0.3, 0.4) is 0 Å². The number of hydrogen-bond donors (Lipinski definition) is 1. The SMILES string of the molecule is Cc1nc2cc(-c3c(C#Cc4cscn4)cccc3C(=O)O)ccc2s1. The molecule has 0 saturated carbocycles. The van der Waals surface area contributed by atoms with Gasteiger partial charge < -0.3 is 5.11 Å². The lowest BCUT2D eigenvalue weighted by Gasteiger charge is -2.09. The molecular formula is C20H12N2O2S2. The highest BCUT2D eigenvalue weighted by atomic mass is 32.1. The molecule has 0 spiro atoms. The first-order valence-corrected chi connectivity index (χ1v) is 9.52. The van der Waals surface area contributed by atoms with Gasteiger partial charge in [0.25, 0.3) is 0 Å². The second kappa shape index (κ2) is 6.71. The molecule has 1 N–H and O–H groups in total. The second-order valence-corrected chi connectivity index (χ2v) is 7.53. The van der Waals surface area contributed by atoms with Crippen LogP contribution in [0.25, 0.3) is 21.3 Å². The first-order valence-electron chi connectivity index (χ1n) is 7.76. The van der Waals surface area contributed by atoms with Crippen LogP contribution in [-0.2, 0) is 0 Å². The lowest BCUT2D eigenvalue weighted by atomic mass is 9.94. The standard InChI is InChI=1S/C20H12N2O2S2/c1-12-22-17-9-14(6-8-18(17)26-12)19-13(3-2-4-16(19)20(23)24)5-7-15-10-25-11-21-15/h2-4,6,8-11H,1H3,(H,23,24). The van der Waals surface area contributed by atoms with E-state index in [0.29, 0.717) is 16.8 Å². The number of aromatic nitrogens is 2. The van der Waals surface area contributed by atoms with Crippen molar-refractivity contribution < 1.29 is 9.90 Å². The van der Waals surface area contributed by atoms with E-state index < -0.39 is 5.97 Å². The van der Waals surface area contributed by atoms with E-state index in [0.717, 1.165) is 20.8 Å². The first kappa shape index (κ1) is 16.5. The average molecular weight is 376 g/mol. The summed E-state index contributed by atoms with van der Waals surface area (Å²) in [5.74, 6) is 5.10. The summed E-state index contributed by atoms with van der Waals surface area (Å²) in [6.07, 6.45) is 0. The minimum Gasteiger partial charge on any atom is -0.478 e. The van der Waals surface area contributed by atoms with Crippen molar-refractivity contribution in [3.05, 3.63) is 69.1 Å².